The molecule has 0 saturated heterocycles. The molecule has 1 aromatic heterocycles. The first-order valence-corrected chi connectivity index (χ1v) is 9.28. The highest BCUT2D eigenvalue weighted by Gasteiger charge is 2.14. The van der Waals surface area contributed by atoms with Crippen molar-refractivity contribution in [1.29, 1.82) is 0 Å². The third kappa shape index (κ3) is 4.73. The molecule has 3 aromatic rings. The summed E-state index contributed by atoms with van der Waals surface area (Å²) in [5, 5.41) is 11.7. The quantitative estimate of drug-likeness (QED) is 0.612. The smallest absolute Gasteiger partial charge is 0.250 e. The summed E-state index contributed by atoms with van der Waals surface area (Å²) in [5.41, 5.74) is 7.14. The Morgan fingerprint density at radius 2 is 1.78 bits per heavy atom. The van der Waals surface area contributed by atoms with Crippen LogP contribution in [0.5, 0.6) is 0 Å². The Hall–Kier alpha value is -3.13. The molecule has 3 N–H and O–H groups in total. The topological polar surface area (TPSA) is 103 Å². The van der Waals surface area contributed by atoms with Gasteiger partial charge in [0.1, 0.15) is 5.82 Å². The van der Waals surface area contributed by atoms with Crippen LogP contribution in [0.3, 0.4) is 0 Å². The van der Waals surface area contributed by atoms with Gasteiger partial charge in [-0.3, -0.25) is 9.59 Å². The van der Waals surface area contributed by atoms with Gasteiger partial charge in [0.2, 0.25) is 5.91 Å². The maximum Gasteiger partial charge on any atom is 0.250 e. The molecule has 0 saturated carbocycles. The fraction of sp³-hybridized carbons (Fsp3) is 0.158. The molecular weight excluding hydrogens is 362 g/mol. The highest BCUT2D eigenvalue weighted by atomic mass is 32.2. The van der Waals surface area contributed by atoms with E-state index < -0.39 is 5.91 Å². The van der Waals surface area contributed by atoms with E-state index in [1.807, 2.05) is 41.8 Å². The van der Waals surface area contributed by atoms with Gasteiger partial charge in [-0.05, 0) is 24.6 Å². The standard InChI is InChI=1S/C19H19N5O2S/c1-13-22-23-19(24(13)11-14-7-3-2-4-8-14)27-12-17(25)21-16-10-6-5-9-15(16)18(20)26/h2-10H,11-12H2,1H3,(H2,20,26)(H,21,25). The summed E-state index contributed by atoms with van der Waals surface area (Å²) in [5.74, 6) is 0.0817. The van der Waals surface area contributed by atoms with Crippen LogP contribution in [-0.2, 0) is 11.3 Å². The van der Waals surface area contributed by atoms with Crippen LogP contribution < -0.4 is 11.1 Å². The van der Waals surface area contributed by atoms with Crippen LogP contribution in [0.4, 0.5) is 5.69 Å². The first-order chi connectivity index (χ1) is 13.0. The predicted octanol–water partition coefficient (Wildman–Crippen LogP) is 2.46. The Morgan fingerprint density at radius 1 is 1.07 bits per heavy atom. The molecule has 0 bridgehead atoms. The molecule has 0 radical (unpaired) electrons. The zero-order chi connectivity index (χ0) is 19.2. The zero-order valence-corrected chi connectivity index (χ0v) is 15.6. The van der Waals surface area contributed by atoms with E-state index in [0.717, 1.165) is 11.4 Å². The third-order valence-electron chi connectivity index (χ3n) is 3.88. The number of thioether (sulfide) groups is 1. The van der Waals surface area contributed by atoms with Crippen molar-refractivity contribution in [3.63, 3.8) is 0 Å². The van der Waals surface area contributed by atoms with Gasteiger partial charge in [-0.15, -0.1) is 10.2 Å². The second-order valence-corrected chi connectivity index (χ2v) is 6.79. The van der Waals surface area contributed by atoms with Crippen LogP contribution in [-0.4, -0.2) is 32.3 Å². The minimum absolute atomic E-state index is 0.139. The lowest BCUT2D eigenvalue weighted by Gasteiger charge is -2.10. The average molecular weight is 381 g/mol. The minimum Gasteiger partial charge on any atom is -0.366 e. The molecule has 1 heterocycles. The van der Waals surface area contributed by atoms with Gasteiger partial charge in [0.15, 0.2) is 5.16 Å². The first-order valence-electron chi connectivity index (χ1n) is 8.30. The van der Waals surface area contributed by atoms with Crippen molar-refractivity contribution in [1.82, 2.24) is 14.8 Å². The molecule has 2 aromatic carbocycles. The highest BCUT2D eigenvalue weighted by Crippen LogP contribution is 2.20. The summed E-state index contributed by atoms with van der Waals surface area (Å²) in [7, 11) is 0. The largest absolute Gasteiger partial charge is 0.366 e. The number of nitrogens with zero attached hydrogens (tertiary/aromatic N) is 3. The van der Waals surface area contributed by atoms with Crippen molar-refractivity contribution in [3.8, 4) is 0 Å². The van der Waals surface area contributed by atoms with Crippen molar-refractivity contribution in [3.05, 3.63) is 71.5 Å². The van der Waals surface area contributed by atoms with E-state index in [0.29, 0.717) is 17.4 Å². The third-order valence-corrected chi connectivity index (χ3v) is 4.85. The fourth-order valence-electron chi connectivity index (χ4n) is 2.54. The first kappa shape index (κ1) is 18.7. The lowest BCUT2D eigenvalue weighted by atomic mass is 10.1. The maximum atomic E-state index is 12.3. The number of nitrogens with two attached hydrogens (primary N) is 1. The van der Waals surface area contributed by atoms with Crippen molar-refractivity contribution in [2.24, 2.45) is 5.73 Å². The number of amides is 2. The molecule has 0 aliphatic rings. The Bertz CT molecular complexity index is 956. The molecule has 27 heavy (non-hydrogen) atoms. The van der Waals surface area contributed by atoms with Crippen LogP contribution in [0.1, 0.15) is 21.7 Å². The Kier molecular flexibility index (Phi) is 5.87. The summed E-state index contributed by atoms with van der Waals surface area (Å²) in [6.45, 7) is 2.51. The van der Waals surface area contributed by atoms with Gasteiger partial charge in [0.25, 0.3) is 5.91 Å². The lowest BCUT2D eigenvalue weighted by molar-refractivity contribution is -0.113. The molecule has 8 heteroatoms. The fourth-order valence-corrected chi connectivity index (χ4v) is 3.32. The van der Waals surface area contributed by atoms with Gasteiger partial charge < -0.3 is 15.6 Å². The minimum atomic E-state index is -0.586. The molecule has 3 rings (SSSR count). The van der Waals surface area contributed by atoms with Crippen molar-refractivity contribution < 1.29 is 9.59 Å². The summed E-state index contributed by atoms with van der Waals surface area (Å²) < 4.78 is 1.96. The number of carbonyl (C=O) groups is 2. The second-order valence-electron chi connectivity index (χ2n) is 5.85. The van der Waals surface area contributed by atoms with Gasteiger partial charge in [-0.1, -0.05) is 54.2 Å². The lowest BCUT2D eigenvalue weighted by Crippen LogP contribution is -2.19. The number of primary amides is 1. The number of nitrogens with one attached hydrogen (secondary N) is 1. The van der Waals surface area contributed by atoms with Gasteiger partial charge in [0.05, 0.1) is 23.5 Å². The molecule has 0 aliphatic carbocycles. The van der Waals surface area contributed by atoms with E-state index in [2.05, 4.69) is 15.5 Å². The van der Waals surface area contributed by atoms with Gasteiger partial charge in [-0.25, -0.2) is 0 Å². The normalized spacial score (nSPS) is 10.6. The molecule has 0 unspecified atom stereocenters. The maximum absolute atomic E-state index is 12.3. The number of aryl methyl sites for hydroxylation is 1. The molecule has 0 spiro atoms. The monoisotopic (exact) mass is 381 g/mol. The Morgan fingerprint density at radius 3 is 2.52 bits per heavy atom. The van der Waals surface area contributed by atoms with Crippen LogP contribution >= 0.6 is 11.8 Å². The summed E-state index contributed by atoms with van der Waals surface area (Å²) in [4.78, 5) is 23.7. The molecule has 0 atom stereocenters. The number of benzene rings is 2. The second kappa shape index (κ2) is 8.50. The van der Waals surface area contributed by atoms with Crippen LogP contribution in [0.15, 0.2) is 59.8 Å². The molecule has 0 fully saturated rings. The predicted molar refractivity (Wildman–Crippen MR) is 105 cm³/mol. The van der Waals surface area contributed by atoms with Crippen LogP contribution in [0.25, 0.3) is 0 Å². The SMILES string of the molecule is Cc1nnc(SCC(=O)Nc2ccccc2C(N)=O)n1Cc1ccccc1. The molecule has 7 nitrogen and oxygen atoms in total. The molecule has 0 aliphatic heterocycles. The zero-order valence-electron chi connectivity index (χ0n) is 14.8. The van der Waals surface area contributed by atoms with E-state index in [1.54, 1.807) is 24.3 Å². The van der Waals surface area contributed by atoms with Crippen molar-refractivity contribution >= 4 is 29.3 Å². The average Bonchev–Trinajstić information content (AvgIpc) is 3.01. The van der Waals surface area contributed by atoms with E-state index in [9.17, 15) is 9.59 Å². The molecular formula is C19H19N5O2S. The number of anilines is 1. The van der Waals surface area contributed by atoms with Gasteiger partial charge in [-0.2, -0.15) is 0 Å². The molecule has 138 valence electrons. The highest BCUT2D eigenvalue weighted by molar-refractivity contribution is 7.99. The number of hydrogen-bond acceptors (Lipinski definition) is 5. The van der Waals surface area contributed by atoms with E-state index in [4.69, 9.17) is 5.73 Å². The molecule has 2 amide bonds. The Balaban J connectivity index is 1.66. The van der Waals surface area contributed by atoms with E-state index in [1.165, 1.54) is 11.8 Å². The number of rotatable bonds is 7. The number of para-hydroxylation sites is 1. The summed E-state index contributed by atoms with van der Waals surface area (Å²) in [6, 6.07) is 16.6. The van der Waals surface area contributed by atoms with Gasteiger partial charge >= 0.3 is 0 Å². The van der Waals surface area contributed by atoms with Gasteiger partial charge in [0, 0.05) is 0 Å². The Labute approximate surface area is 161 Å². The summed E-state index contributed by atoms with van der Waals surface area (Å²) in [6.07, 6.45) is 0. The summed E-state index contributed by atoms with van der Waals surface area (Å²) >= 11 is 1.29. The van der Waals surface area contributed by atoms with E-state index in [-0.39, 0.29) is 17.2 Å². The van der Waals surface area contributed by atoms with Crippen LogP contribution in [0, 0.1) is 6.92 Å². The van der Waals surface area contributed by atoms with Crippen molar-refractivity contribution in [2.75, 3.05) is 11.1 Å². The van der Waals surface area contributed by atoms with Crippen LogP contribution in [0.2, 0.25) is 0 Å². The van der Waals surface area contributed by atoms with Crippen molar-refractivity contribution in [2.45, 2.75) is 18.6 Å². The van der Waals surface area contributed by atoms with E-state index >= 15 is 0 Å². The number of carbonyl (C=O) groups excluding carboxylic acids is 2. The number of aromatic nitrogens is 3. The number of hydrogen-bond donors (Lipinski definition) is 2.